The van der Waals surface area contributed by atoms with Gasteiger partial charge in [-0.1, -0.05) is 33.8 Å². The van der Waals surface area contributed by atoms with E-state index in [2.05, 4.69) is 0 Å². The minimum absolute atomic E-state index is 0.426. The zero-order valence-electron chi connectivity index (χ0n) is 11.6. The van der Waals surface area contributed by atoms with E-state index < -0.39 is 21.4 Å². The maximum Gasteiger partial charge on any atom is 0.600 e. The van der Waals surface area contributed by atoms with Crippen LogP contribution in [0.15, 0.2) is 24.3 Å². The van der Waals surface area contributed by atoms with Crippen LogP contribution in [0.5, 0.6) is 0 Å². The molecule has 2 aromatic rings. The van der Waals surface area contributed by atoms with E-state index in [1.54, 1.807) is 12.1 Å². The predicted octanol–water partition coefficient (Wildman–Crippen LogP) is 5.93. The average molecular weight is 287 g/mol. The molecule has 0 saturated heterocycles. The number of alkyl halides is 3. The first-order valence-corrected chi connectivity index (χ1v) is 7.53. The lowest BCUT2D eigenvalue weighted by atomic mass is 9.94. The molecule has 0 N–H and O–H groups in total. The highest BCUT2D eigenvalue weighted by Crippen LogP contribution is 2.54. The van der Waals surface area contributed by atoms with E-state index in [0.29, 0.717) is 9.58 Å². The highest BCUT2D eigenvalue weighted by molar-refractivity contribution is 7.38. The number of halogens is 3. The van der Waals surface area contributed by atoms with E-state index in [1.807, 2.05) is 39.8 Å². The smallest absolute Gasteiger partial charge is 0.118 e. The largest absolute Gasteiger partial charge is 0.600 e. The lowest BCUT2D eigenvalue weighted by Crippen LogP contribution is -2.12. The van der Waals surface area contributed by atoms with E-state index in [4.69, 9.17) is 0 Å². The van der Waals surface area contributed by atoms with Crippen molar-refractivity contribution in [3.63, 3.8) is 0 Å². The third kappa shape index (κ3) is 2.64. The minimum Gasteiger partial charge on any atom is -0.118 e. The van der Waals surface area contributed by atoms with Gasteiger partial charge >= 0.3 is 5.51 Å². The Hall–Kier alpha value is -1.03. The van der Waals surface area contributed by atoms with E-state index in [9.17, 15) is 13.2 Å². The van der Waals surface area contributed by atoms with Crippen LogP contribution in [0.3, 0.4) is 0 Å². The summed E-state index contributed by atoms with van der Waals surface area (Å²) in [5, 5.41) is 0.741. The minimum atomic E-state index is -4.20. The monoisotopic (exact) mass is 287 g/mol. The zero-order valence-corrected chi connectivity index (χ0v) is 12.4. The molecule has 0 aliphatic heterocycles. The van der Waals surface area contributed by atoms with Crippen LogP contribution in [-0.4, -0.2) is 0 Å². The van der Waals surface area contributed by atoms with Gasteiger partial charge in [0.15, 0.2) is 9.58 Å². The molecule has 1 aromatic carbocycles. The SMILES string of the molecule is CCc1ccc2c(c1)cc(C(C)(C)C)[s+]2C(F)(F)F. The van der Waals surface area contributed by atoms with Gasteiger partial charge in [-0.15, -0.1) is 13.2 Å². The summed E-state index contributed by atoms with van der Waals surface area (Å²) in [6.07, 6.45) is 0.839. The molecule has 1 atom stereocenters. The van der Waals surface area contributed by atoms with Crippen LogP contribution in [0.1, 0.15) is 38.1 Å². The molecule has 0 aliphatic rings. The lowest BCUT2D eigenvalue weighted by molar-refractivity contribution is -0.0869. The second kappa shape index (κ2) is 4.51. The van der Waals surface area contributed by atoms with Crippen LogP contribution in [0.25, 0.3) is 10.1 Å². The van der Waals surface area contributed by atoms with Gasteiger partial charge in [0, 0.05) is 16.9 Å². The van der Waals surface area contributed by atoms with Crippen LogP contribution in [0, 0.1) is 0 Å². The van der Waals surface area contributed by atoms with Gasteiger partial charge in [-0.05, 0) is 24.1 Å². The second-order valence-electron chi connectivity index (χ2n) is 5.74. The standard InChI is InChI=1S/C15H18F3S/c1-5-10-6-7-12-11(8-10)9-13(14(2,3)4)19(12)15(16,17)18/h6-9H,5H2,1-4H3/q+1. The summed E-state index contributed by atoms with van der Waals surface area (Å²) in [6.45, 7) is 7.54. The van der Waals surface area contributed by atoms with Crippen molar-refractivity contribution in [3.05, 3.63) is 34.7 Å². The Kier molecular flexibility index (Phi) is 3.42. The maximum atomic E-state index is 13.4. The summed E-state index contributed by atoms with van der Waals surface area (Å²) in [5.41, 5.74) is -3.59. The zero-order chi connectivity index (χ0) is 14.4. The summed E-state index contributed by atoms with van der Waals surface area (Å²) < 4.78 is 40.5. The van der Waals surface area contributed by atoms with Gasteiger partial charge < -0.3 is 0 Å². The lowest BCUT2D eigenvalue weighted by Gasteiger charge is -2.13. The Morgan fingerprint density at radius 2 is 1.68 bits per heavy atom. The third-order valence-corrected chi connectivity index (χ3v) is 5.62. The fourth-order valence-electron chi connectivity index (χ4n) is 2.21. The average Bonchev–Trinajstić information content (AvgIpc) is 2.66. The molecule has 104 valence electrons. The third-order valence-electron chi connectivity index (χ3n) is 3.18. The van der Waals surface area contributed by atoms with Gasteiger partial charge in [0.1, 0.15) is 0 Å². The van der Waals surface area contributed by atoms with Gasteiger partial charge in [0.05, 0.1) is 10.5 Å². The summed E-state index contributed by atoms with van der Waals surface area (Å²) in [5.74, 6) is 0. The molecule has 4 heteroatoms. The number of hydrogen-bond acceptors (Lipinski definition) is 0. The van der Waals surface area contributed by atoms with Crippen LogP contribution in [0.2, 0.25) is 0 Å². The van der Waals surface area contributed by atoms with Crippen molar-refractivity contribution in [2.24, 2.45) is 0 Å². The Labute approximate surface area is 114 Å². The van der Waals surface area contributed by atoms with Crippen molar-refractivity contribution >= 4 is 20.6 Å². The Balaban J connectivity index is 2.81. The first kappa shape index (κ1) is 14.4. The van der Waals surface area contributed by atoms with E-state index >= 15 is 0 Å². The highest BCUT2D eigenvalue weighted by Gasteiger charge is 2.50. The fraction of sp³-hybridized carbons (Fsp3) is 0.467. The summed E-state index contributed by atoms with van der Waals surface area (Å²) >= 11 is 0. The van der Waals surface area contributed by atoms with Crippen molar-refractivity contribution in [3.8, 4) is 0 Å². The van der Waals surface area contributed by atoms with Crippen molar-refractivity contribution in [2.45, 2.75) is 45.0 Å². The normalized spacial score (nSPS) is 14.2. The van der Waals surface area contributed by atoms with Gasteiger partial charge in [0.25, 0.3) is 0 Å². The summed E-state index contributed by atoms with van der Waals surface area (Å²) in [4.78, 5) is 0.489. The van der Waals surface area contributed by atoms with Crippen molar-refractivity contribution < 1.29 is 13.2 Å². The Bertz CT molecular complexity index is 600. The molecule has 0 radical (unpaired) electrons. The van der Waals surface area contributed by atoms with E-state index in [-0.39, 0.29) is 0 Å². The van der Waals surface area contributed by atoms with Crippen molar-refractivity contribution in [1.29, 1.82) is 0 Å². The van der Waals surface area contributed by atoms with E-state index in [0.717, 1.165) is 17.4 Å². The van der Waals surface area contributed by atoms with E-state index in [1.165, 1.54) is 0 Å². The van der Waals surface area contributed by atoms with Crippen molar-refractivity contribution in [2.75, 3.05) is 0 Å². The summed E-state index contributed by atoms with van der Waals surface area (Å²) in [6, 6.07) is 7.09. The molecular formula is C15H18F3S+. The molecule has 0 fully saturated rings. The van der Waals surface area contributed by atoms with Crippen molar-refractivity contribution in [1.82, 2.24) is 0 Å². The Morgan fingerprint density at radius 3 is 2.16 bits per heavy atom. The number of thiophene rings is 1. The number of aryl methyl sites for hydroxylation is 1. The molecule has 1 heterocycles. The fourth-order valence-corrected chi connectivity index (χ4v) is 4.36. The predicted molar refractivity (Wildman–Crippen MR) is 75.8 cm³/mol. The first-order valence-electron chi connectivity index (χ1n) is 6.31. The first-order chi connectivity index (χ1) is 8.64. The number of rotatable bonds is 1. The molecule has 19 heavy (non-hydrogen) atoms. The molecular weight excluding hydrogens is 269 g/mol. The molecule has 0 bridgehead atoms. The second-order valence-corrected chi connectivity index (χ2v) is 7.69. The number of fused-ring (bicyclic) bond motifs is 1. The maximum absolute atomic E-state index is 13.4. The molecule has 0 aliphatic carbocycles. The van der Waals surface area contributed by atoms with Crippen LogP contribution >= 0.6 is 10.5 Å². The Morgan fingerprint density at radius 1 is 1.05 bits per heavy atom. The highest BCUT2D eigenvalue weighted by atomic mass is 32.2. The number of benzene rings is 1. The topological polar surface area (TPSA) is 0 Å². The molecule has 0 saturated carbocycles. The molecule has 1 aromatic heterocycles. The quantitative estimate of drug-likeness (QED) is 0.571. The van der Waals surface area contributed by atoms with Gasteiger partial charge in [-0.3, -0.25) is 0 Å². The van der Waals surface area contributed by atoms with Gasteiger partial charge in [0.2, 0.25) is 0 Å². The number of hydrogen-bond donors (Lipinski definition) is 0. The molecule has 0 spiro atoms. The summed E-state index contributed by atoms with van der Waals surface area (Å²) in [7, 11) is -1.78. The molecule has 2 rings (SSSR count). The van der Waals surface area contributed by atoms with Crippen LogP contribution < -0.4 is 0 Å². The van der Waals surface area contributed by atoms with Gasteiger partial charge in [-0.25, -0.2) is 0 Å². The molecule has 1 unspecified atom stereocenters. The van der Waals surface area contributed by atoms with Gasteiger partial charge in [-0.2, -0.15) is 0 Å². The molecule has 0 nitrogen and oxygen atoms in total. The molecule has 0 amide bonds. The van der Waals surface area contributed by atoms with Crippen LogP contribution in [-0.2, 0) is 17.3 Å². The van der Waals surface area contributed by atoms with Crippen LogP contribution in [0.4, 0.5) is 13.2 Å².